The number of nitrogens with zero attached hydrogens (tertiary/aromatic N) is 4. The lowest BCUT2D eigenvalue weighted by molar-refractivity contribution is -0.384. The number of azo groups is 1. The molecule has 3 rings (SSSR count). The average Bonchev–Trinajstić information content (AvgIpc) is 2.92. The molecule has 26 heavy (non-hydrogen) atoms. The molecule has 8 heteroatoms. The molecule has 0 unspecified atom stereocenters. The summed E-state index contributed by atoms with van der Waals surface area (Å²) < 4.78 is 1.60. The number of nitro groups is 1. The van der Waals surface area contributed by atoms with E-state index in [0.29, 0.717) is 11.9 Å². The predicted molar refractivity (Wildman–Crippen MR) is 95.7 cm³/mol. The van der Waals surface area contributed by atoms with Crippen LogP contribution in [0.5, 0.6) is 5.88 Å². The van der Waals surface area contributed by atoms with Crippen molar-refractivity contribution in [2.24, 2.45) is 10.2 Å². The number of rotatable bonds is 5. The Morgan fingerprint density at radius 3 is 2.58 bits per heavy atom. The maximum absolute atomic E-state index is 12.1. The van der Waals surface area contributed by atoms with Crippen molar-refractivity contribution < 1.29 is 14.8 Å². The summed E-state index contributed by atoms with van der Waals surface area (Å²) in [6.07, 6.45) is 1.63. The second-order valence-electron chi connectivity index (χ2n) is 5.40. The molecule has 0 spiro atoms. The number of para-hydroxylation sites is 1. The van der Waals surface area contributed by atoms with Crippen molar-refractivity contribution in [3.63, 3.8) is 0 Å². The zero-order valence-electron chi connectivity index (χ0n) is 13.6. The second-order valence-corrected chi connectivity index (χ2v) is 5.40. The van der Waals surface area contributed by atoms with Gasteiger partial charge in [-0.25, -0.2) is 0 Å². The zero-order valence-corrected chi connectivity index (χ0v) is 13.6. The van der Waals surface area contributed by atoms with Crippen molar-refractivity contribution in [1.29, 1.82) is 0 Å². The fraction of sp³-hybridized carbons (Fsp3) is 0.0556. The number of nitro benzene ring substituents is 1. The molecule has 1 N–H and O–H groups in total. The Bertz CT molecular complexity index is 1040. The Hall–Kier alpha value is -3.81. The van der Waals surface area contributed by atoms with Crippen molar-refractivity contribution in [1.82, 2.24) is 4.57 Å². The van der Waals surface area contributed by atoms with E-state index in [1.807, 2.05) is 12.1 Å². The van der Waals surface area contributed by atoms with Crippen molar-refractivity contribution in [2.45, 2.75) is 6.54 Å². The molecule has 3 aromatic rings. The van der Waals surface area contributed by atoms with E-state index in [9.17, 15) is 20.0 Å². The van der Waals surface area contributed by atoms with Crippen molar-refractivity contribution >= 4 is 28.2 Å². The van der Waals surface area contributed by atoms with Gasteiger partial charge in [0.05, 0.1) is 10.4 Å². The molecule has 130 valence electrons. The molecule has 1 amide bonds. The quantitative estimate of drug-likeness (QED) is 0.319. The van der Waals surface area contributed by atoms with Crippen LogP contribution in [-0.2, 0) is 6.54 Å². The van der Waals surface area contributed by atoms with E-state index >= 15 is 0 Å². The predicted octanol–water partition coefficient (Wildman–Crippen LogP) is 4.37. The van der Waals surface area contributed by atoms with Crippen LogP contribution in [0.2, 0.25) is 0 Å². The molecule has 0 aliphatic rings. The van der Waals surface area contributed by atoms with Crippen LogP contribution in [0.25, 0.3) is 10.9 Å². The van der Waals surface area contributed by atoms with Crippen LogP contribution in [0.15, 0.2) is 71.4 Å². The number of non-ortho nitro benzene ring substituents is 1. The molecule has 0 radical (unpaired) electrons. The second kappa shape index (κ2) is 6.98. The average molecular weight is 350 g/mol. The van der Waals surface area contributed by atoms with Gasteiger partial charge in [-0.15, -0.1) is 16.8 Å². The highest BCUT2D eigenvalue weighted by Gasteiger charge is 2.16. The van der Waals surface area contributed by atoms with E-state index in [0.717, 1.165) is 5.52 Å². The number of aromatic hydroxyl groups is 1. The SMILES string of the molecule is C=CCn1c(O)c(N=NC(=O)c2ccc([N+](=O)[O-])cc2)c2ccccc21. The summed E-state index contributed by atoms with van der Waals surface area (Å²) in [5.41, 5.74) is 0.955. The van der Waals surface area contributed by atoms with E-state index in [1.165, 1.54) is 24.3 Å². The van der Waals surface area contributed by atoms with Gasteiger partial charge in [0.1, 0.15) is 0 Å². The molecule has 8 nitrogen and oxygen atoms in total. The summed E-state index contributed by atoms with van der Waals surface area (Å²) in [6, 6.07) is 12.2. The number of fused-ring (bicyclic) bond motifs is 1. The molecule has 0 aliphatic carbocycles. The van der Waals surface area contributed by atoms with Crippen LogP contribution in [0.1, 0.15) is 10.4 Å². The normalized spacial score (nSPS) is 11.1. The van der Waals surface area contributed by atoms with Crippen molar-refractivity contribution in [2.75, 3.05) is 0 Å². The van der Waals surface area contributed by atoms with Crippen LogP contribution >= 0.6 is 0 Å². The molecular formula is C18H14N4O4. The maximum Gasteiger partial charge on any atom is 0.295 e. The van der Waals surface area contributed by atoms with Crippen LogP contribution in [0.4, 0.5) is 11.4 Å². The number of allylic oxidation sites excluding steroid dienone is 1. The van der Waals surface area contributed by atoms with Gasteiger partial charge >= 0.3 is 0 Å². The van der Waals surface area contributed by atoms with Crippen molar-refractivity contribution in [3.05, 3.63) is 76.9 Å². The van der Waals surface area contributed by atoms with Crippen LogP contribution in [-0.4, -0.2) is 20.5 Å². The minimum absolute atomic E-state index is 0.119. The molecule has 0 fully saturated rings. The molecule has 0 bridgehead atoms. The first-order chi connectivity index (χ1) is 12.5. The van der Waals surface area contributed by atoms with Gasteiger partial charge < -0.3 is 9.67 Å². The Balaban J connectivity index is 1.95. The third-order valence-electron chi connectivity index (χ3n) is 3.80. The standard InChI is InChI=1S/C18H14N4O4/c1-2-11-21-15-6-4-3-5-14(15)16(18(21)24)19-20-17(23)12-7-9-13(10-8-12)22(25)26/h2-10,24H,1,11H2. The van der Waals surface area contributed by atoms with Crippen LogP contribution in [0, 0.1) is 10.1 Å². The summed E-state index contributed by atoms with van der Waals surface area (Å²) in [5, 5.41) is 29.2. The largest absolute Gasteiger partial charge is 0.493 e. The molecule has 0 saturated carbocycles. The third kappa shape index (κ3) is 3.07. The lowest BCUT2D eigenvalue weighted by Gasteiger charge is -2.01. The van der Waals surface area contributed by atoms with Gasteiger partial charge in [0.25, 0.3) is 11.6 Å². The molecule has 0 saturated heterocycles. The number of carbonyl (C=O) groups is 1. The monoisotopic (exact) mass is 350 g/mol. The van der Waals surface area contributed by atoms with Gasteiger partial charge in [-0.05, 0) is 18.2 Å². The first-order valence-electron chi connectivity index (χ1n) is 7.64. The number of aromatic nitrogens is 1. The smallest absolute Gasteiger partial charge is 0.295 e. The number of carbonyl (C=O) groups excluding carboxylic acids is 1. The Morgan fingerprint density at radius 2 is 1.92 bits per heavy atom. The number of amides is 1. The molecule has 2 aromatic carbocycles. The molecule has 0 atom stereocenters. The van der Waals surface area contributed by atoms with E-state index in [1.54, 1.807) is 22.8 Å². The lowest BCUT2D eigenvalue weighted by atomic mass is 10.2. The minimum Gasteiger partial charge on any atom is -0.493 e. The minimum atomic E-state index is -0.667. The highest BCUT2D eigenvalue weighted by atomic mass is 16.6. The van der Waals surface area contributed by atoms with Crippen molar-refractivity contribution in [3.8, 4) is 5.88 Å². The van der Waals surface area contributed by atoms with Crippen LogP contribution < -0.4 is 0 Å². The Labute approximate surface area is 147 Å². The van der Waals surface area contributed by atoms with Gasteiger partial charge in [-0.3, -0.25) is 14.9 Å². The Kier molecular flexibility index (Phi) is 4.57. The summed E-state index contributed by atoms with van der Waals surface area (Å²) in [6.45, 7) is 4.03. The summed E-state index contributed by atoms with van der Waals surface area (Å²) >= 11 is 0. The summed E-state index contributed by atoms with van der Waals surface area (Å²) in [4.78, 5) is 22.2. The fourth-order valence-corrected chi connectivity index (χ4v) is 2.56. The first-order valence-corrected chi connectivity index (χ1v) is 7.64. The maximum atomic E-state index is 12.1. The Morgan fingerprint density at radius 1 is 1.23 bits per heavy atom. The van der Waals surface area contributed by atoms with E-state index < -0.39 is 10.8 Å². The number of benzene rings is 2. The van der Waals surface area contributed by atoms with E-state index in [2.05, 4.69) is 16.8 Å². The summed E-state index contributed by atoms with van der Waals surface area (Å²) in [7, 11) is 0. The number of hydrogen-bond donors (Lipinski definition) is 1. The highest BCUT2D eigenvalue weighted by molar-refractivity contribution is 5.97. The van der Waals surface area contributed by atoms with Gasteiger partial charge in [0.15, 0.2) is 5.69 Å². The van der Waals surface area contributed by atoms with Gasteiger partial charge in [-0.1, -0.05) is 24.3 Å². The van der Waals surface area contributed by atoms with Gasteiger partial charge in [-0.2, -0.15) is 0 Å². The third-order valence-corrected chi connectivity index (χ3v) is 3.80. The first kappa shape index (κ1) is 17.0. The van der Waals surface area contributed by atoms with Gasteiger partial charge in [0.2, 0.25) is 5.88 Å². The fourth-order valence-electron chi connectivity index (χ4n) is 2.56. The molecule has 1 heterocycles. The zero-order chi connectivity index (χ0) is 18.7. The van der Waals surface area contributed by atoms with E-state index in [4.69, 9.17) is 0 Å². The lowest BCUT2D eigenvalue weighted by Crippen LogP contribution is -1.95. The topological polar surface area (TPSA) is 110 Å². The van der Waals surface area contributed by atoms with E-state index in [-0.39, 0.29) is 22.8 Å². The summed E-state index contributed by atoms with van der Waals surface area (Å²) in [5.74, 6) is -0.786. The van der Waals surface area contributed by atoms with Gasteiger partial charge in [0, 0.05) is 29.6 Å². The molecule has 1 aromatic heterocycles. The highest BCUT2D eigenvalue weighted by Crippen LogP contribution is 2.38. The molecular weight excluding hydrogens is 336 g/mol. The number of hydrogen-bond acceptors (Lipinski definition) is 5. The molecule has 0 aliphatic heterocycles. The van der Waals surface area contributed by atoms with Crippen LogP contribution in [0.3, 0.4) is 0 Å².